The summed E-state index contributed by atoms with van der Waals surface area (Å²) in [5, 5.41) is 20.4. The van der Waals surface area contributed by atoms with Gasteiger partial charge in [0.05, 0.1) is 6.61 Å². The minimum Gasteiger partial charge on any atom is -0.392 e. The second-order valence-electron chi connectivity index (χ2n) is 2.22. The van der Waals surface area contributed by atoms with Crippen LogP contribution < -0.4 is 5.32 Å². The lowest BCUT2D eigenvalue weighted by molar-refractivity contribution is -0.0268. The molecule has 1 aliphatic heterocycles. The van der Waals surface area contributed by atoms with Gasteiger partial charge < -0.3 is 10.2 Å². The summed E-state index contributed by atoms with van der Waals surface area (Å²) < 4.78 is 0. The second-order valence-corrected chi connectivity index (χ2v) is 2.22. The van der Waals surface area contributed by atoms with Crippen LogP contribution in [0.3, 0.4) is 0 Å². The summed E-state index contributed by atoms with van der Waals surface area (Å²) in [6.07, 6.45) is 1.63. The molecule has 3 nitrogen and oxygen atoms in total. The highest BCUT2D eigenvalue weighted by molar-refractivity contribution is 4.80. The van der Waals surface area contributed by atoms with Crippen LogP contribution in [-0.2, 0) is 0 Å². The Bertz CT molecular complexity index is 78.5. The van der Waals surface area contributed by atoms with Crippen molar-refractivity contribution in [1.82, 2.24) is 5.32 Å². The highest BCUT2D eigenvalue weighted by Gasteiger charge is 2.28. The van der Waals surface area contributed by atoms with Crippen LogP contribution in [0.5, 0.6) is 0 Å². The zero-order valence-electron chi connectivity index (χ0n) is 4.72. The average molecular weight is 117 g/mol. The van der Waals surface area contributed by atoms with E-state index in [4.69, 9.17) is 10.2 Å². The first-order chi connectivity index (χ1) is 3.77. The molecule has 0 amide bonds. The van der Waals surface area contributed by atoms with Crippen molar-refractivity contribution in [2.45, 2.75) is 18.6 Å². The Hall–Kier alpha value is -0.120. The second kappa shape index (κ2) is 2.01. The van der Waals surface area contributed by atoms with Gasteiger partial charge in [-0.25, -0.2) is 0 Å². The summed E-state index contributed by atoms with van der Waals surface area (Å²) in [4.78, 5) is 0. The van der Waals surface area contributed by atoms with E-state index in [2.05, 4.69) is 5.32 Å². The van der Waals surface area contributed by atoms with Crippen molar-refractivity contribution in [3.05, 3.63) is 0 Å². The van der Waals surface area contributed by atoms with Gasteiger partial charge in [-0.15, -0.1) is 0 Å². The largest absolute Gasteiger partial charge is 0.392 e. The van der Waals surface area contributed by atoms with E-state index in [1.54, 1.807) is 0 Å². The average Bonchev–Trinajstić information content (AvgIpc) is 2.17. The molecule has 0 spiro atoms. The standard InChI is InChI=1S/C5H11NO2/c7-4-5(8)2-1-3-6-5/h6-8H,1-4H2/t5-/m1/s1. The van der Waals surface area contributed by atoms with Crippen molar-refractivity contribution in [2.75, 3.05) is 13.2 Å². The van der Waals surface area contributed by atoms with Crippen LogP contribution in [0.2, 0.25) is 0 Å². The van der Waals surface area contributed by atoms with Gasteiger partial charge in [0.2, 0.25) is 0 Å². The van der Waals surface area contributed by atoms with Gasteiger partial charge in [0.25, 0.3) is 0 Å². The molecule has 0 radical (unpaired) electrons. The maximum Gasteiger partial charge on any atom is 0.139 e. The molecule has 1 fully saturated rings. The van der Waals surface area contributed by atoms with Crippen LogP contribution >= 0.6 is 0 Å². The molecule has 1 rings (SSSR count). The number of rotatable bonds is 1. The predicted molar refractivity (Wildman–Crippen MR) is 29.3 cm³/mol. The molecule has 0 aromatic heterocycles. The molecule has 0 saturated carbocycles. The van der Waals surface area contributed by atoms with E-state index in [0.29, 0.717) is 6.42 Å². The van der Waals surface area contributed by atoms with Crippen LogP contribution in [-0.4, -0.2) is 29.1 Å². The van der Waals surface area contributed by atoms with Gasteiger partial charge in [0.1, 0.15) is 5.72 Å². The molecular formula is C5H11NO2. The monoisotopic (exact) mass is 117 g/mol. The lowest BCUT2D eigenvalue weighted by atomic mass is 10.2. The highest BCUT2D eigenvalue weighted by Crippen LogP contribution is 2.13. The minimum absolute atomic E-state index is 0.174. The van der Waals surface area contributed by atoms with Gasteiger partial charge in [0, 0.05) is 0 Å². The van der Waals surface area contributed by atoms with Crippen molar-refractivity contribution in [2.24, 2.45) is 0 Å². The number of aliphatic hydroxyl groups is 2. The van der Waals surface area contributed by atoms with Crippen molar-refractivity contribution in [3.63, 3.8) is 0 Å². The summed E-state index contributed by atoms with van der Waals surface area (Å²) >= 11 is 0. The van der Waals surface area contributed by atoms with Crippen LogP contribution in [0, 0.1) is 0 Å². The summed E-state index contributed by atoms with van der Waals surface area (Å²) in [5.41, 5.74) is -0.958. The van der Waals surface area contributed by atoms with E-state index in [0.717, 1.165) is 13.0 Å². The Morgan fingerprint density at radius 2 is 2.38 bits per heavy atom. The highest BCUT2D eigenvalue weighted by atomic mass is 16.3. The smallest absolute Gasteiger partial charge is 0.139 e. The van der Waals surface area contributed by atoms with Crippen molar-refractivity contribution < 1.29 is 10.2 Å². The van der Waals surface area contributed by atoms with E-state index in [1.807, 2.05) is 0 Å². The maximum absolute atomic E-state index is 9.14. The van der Waals surface area contributed by atoms with Crippen molar-refractivity contribution >= 4 is 0 Å². The van der Waals surface area contributed by atoms with Gasteiger partial charge in [-0.1, -0.05) is 0 Å². The van der Waals surface area contributed by atoms with Crippen LogP contribution in [0.25, 0.3) is 0 Å². The molecule has 0 aromatic carbocycles. The van der Waals surface area contributed by atoms with E-state index >= 15 is 0 Å². The van der Waals surface area contributed by atoms with E-state index in [9.17, 15) is 0 Å². The lowest BCUT2D eigenvalue weighted by Gasteiger charge is -2.18. The fraction of sp³-hybridized carbons (Fsp3) is 1.00. The number of hydrogen-bond donors (Lipinski definition) is 3. The van der Waals surface area contributed by atoms with Crippen molar-refractivity contribution in [3.8, 4) is 0 Å². The topological polar surface area (TPSA) is 52.5 Å². The molecule has 48 valence electrons. The molecule has 0 aliphatic carbocycles. The molecular weight excluding hydrogens is 106 g/mol. The Morgan fingerprint density at radius 3 is 2.62 bits per heavy atom. The molecule has 0 aromatic rings. The zero-order chi connectivity index (χ0) is 6.04. The summed E-state index contributed by atoms with van der Waals surface area (Å²) in [5.74, 6) is 0. The molecule has 1 saturated heterocycles. The Balaban J connectivity index is 2.40. The molecule has 1 heterocycles. The minimum atomic E-state index is -0.958. The van der Waals surface area contributed by atoms with Crippen LogP contribution in [0.4, 0.5) is 0 Å². The first-order valence-electron chi connectivity index (χ1n) is 2.85. The maximum atomic E-state index is 9.14. The van der Waals surface area contributed by atoms with Gasteiger partial charge in [-0.3, -0.25) is 5.32 Å². The SMILES string of the molecule is OC[C@]1(O)CCCN1. The fourth-order valence-electron chi connectivity index (χ4n) is 0.925. The van der Waals surface area contributed by atoms with E-state index in [-0.39, 0.29) is 6.61 Å². The first kappa shape index (κ1) is 6.01. The molecule has 8 heavy (non-hydrogen) atoms. The first-order valence-corrected chi connectivity index (χ1v) is 2.85. The third-order valence-electron chi connectivity index (χ3n) is 1.48. The predicted octanol–water partition coefficient (Wildman–Crippen LogP) is -0.949. The van der Waals surface area contributed by atoms with Gasteiger partial charge in [-0.2, -0.15) is 0 Å². The zero-order valence-corrected chi connectivity index (χ0v) is 4.72. The summed E-state index contributed by atoms with van der Waals surface area (Å²) in [6.45, 7) is 0.643. The van der Waals surface area contributed by atoms with Gasteiger partial charge in [-0.05, 0) is 19.4 Å². The van der Waals surface area contributed by atoms with E-state index < -0.39 is 5.72 Å². The summed E-state index contributed by atoms with van der Waals surface area (Å²) in [7, 11) is 0. The number of aliphatic hydroxyl groups excluding tert-OH is 1. The third kappa shape index (κ3) is 0.992. The van der Waals surface area contributed by atoms with Gasteiger partial charge in [0.15, 0.2) is 0 Å². The van der Waals surface area contributed by atoms with Crippen LogP contribution in [0.15, 0.2) is 0 Å². The van der Waals surface area contributed by atoms with Crippen LogP contribution in [0.1, 0.15) is 12.8 Å². The normalized spacial score (nSPS) is 38.2. The van der Waals surface area contributed by atoms with Crippen molar-refractivity contribution in [1.29, 1.82) is 0 Å². The van der Waals surface area contributed by atoms with Gasteiger partial charge >= 0.3 is 0 Å². The number of hydrogen-bond acceptors (Lipinski definition) is 3. The number of nitrogens with one attached hydrogen (secondary N) is 1. The quantitative estimate of drug-likeness (QED) is 0.415. The molecule has 3 heteroatoms. The Kier molecular flexibility index (Phi) is 1.51. The Morgan fingerprint density at radius 1 is 1.62 bits per heavy atom. The third-order valence-corrected chi connectivity index (χ3v) is 1.48. The summed E-state index contributed by atoms with van der Waals surface area (Å²) in [6, 6.07) is 0. The fourth-order valence-corrected chi connectivity index (χ4v) is 0.925. The molecule has 1 aliphatic rings. The molecule has 1 atom stereocenters. The molecule has 0 unspecified atom stereocenters. The lowest BCUT2D eigenvalue weighted by Crippen LogP contribution is -2.42. The van der Waals surface area contributed by atoms with E-state index in [1.165, 1.54) is 0 Å². The molecule has 3 N–H and O–H groups in total. The Labute approximate surface area is 48.3 Å². The molecule has 0 bridgehead atoms.